The minimum absolute atomic E-state index is 0.275. The van der Waals surface area contributed by atoms with E-state index >= 15 is 0 Å². The fourth-order valence-corrected chi connectivity index (χ4v) is 4.10. The van der Waals surface area contributed by atoms with E-state index < -0.39 is 0 Å². The lowest BCUT2D eigenvalue weighted by Crippen LogP contribution is -2.39. The van der Waals surface area contributed by atoms with Crippen LogP contribution in [0.5, 0.6) is 0 Å². The summed E-state index contributed by atoms with van der Waals surface area (Å²) in [6, 6.07) is 6.18. The van der Waals surface area contributed by atoms with Gasteiger partial charge in [0.15, 0.2) is 11.2 Å². The average Bonchev–Trinajstić information content (AvgIpc) is 3.18. The summed E-state index contributed by atoms with van der Waals surface area (Å²) in [7, 11) is 1.69. The SMILES string of the molecule is Cc1cccc(-n2c(C)c(C)n3c4c(=O)n(CCC(C)C)c(=O)n(C)c4nc23)c1C. The summed E-state index contributed by atoms with van der Waals surface area (Å²) >= 11 is 0. The van der Waals surface area contributed by atoms with E-state index in [-0.39, 0.29) is 11.2 Å². The topological polar surface area (TPSA) is 66.2 Å². The van der Waals surface area contributed by atoms with Gasteiger partial charge < -0.3 is 0 Å². The number of aryl methyl sites for hydroxylation is 3. The maximum absolute atomic E-state index is 13.4. The van der Waals surface area contributed by atoms with Crippen molar-refractivity contribution in [2.45, 2.75) is 54.5 Å². The van der Waals surface area contributed by atoms with Crippen molar-refractivity contribution in [3.8, 4) is 5.69 Å². The van der Waals surface area contributed by atoms with Crippen molar-refractivity contribution < 1.29 is 0 Å². The van der Waals surface area contributed by atoms with Crippen LogP contribution in [0.3, 0.4) is 0 Å². The van der Waals surface area contributed by atoms with E-state index in [0.29, 0.717) is 29.4 Å². The lowest BCUT2D eigenvalue weighted by molar-refractivity contribution is 0.488. The number of benzene rings is 1. The fraction of sp³-hybridized carbons (Fsp3) is 0.435. The summed E-state index contributed by atoms with van der Waals surface area (Å²) in [4.78, 5) is 31.1. The summed E-state index contributed by atoms with van der Waals surface area (Å²) in [5.74, 6) is 1.06. The van der Waals surface area contributed by atoms with Crippen molar-refractivity contribution in [3.63, 3.8) is 0 Å². The molecule has 0 saturated heterocycles. The molecule has 0 atom stereocenters. The number of fused-ring (bicyclic) bond motifs is 3. The number of imidazole rings is 2. The zero-order chi connectivity index (χ0) is 21.9. The van der Waals surface area contributed by atoms with Gasteiger partial charge in [0.05, 0.1) is 5.69 Å². The van der Waals surface area contributed by atoms with E-state index in [9.17, 15) is 9.59 Å². The molecule has 3 aromatic heterocycles. The summed E-state index contributed by atoms with van der Waals surface area (Å²) in [5, 5.41) is 0. The molecule has 0 aliphatic carbocycles. The highest BCUT2D eigenvalue weighted by atomic mass is 16.2. The zero-order valence-corrected chi connectivity index (χ0v) is 18.8. The molecule has 4 aromatic rings. The van der Waals surface area contributed by atoms with Gasteiger partial charge in [-0.05, 0) is 57.2 Å². The maximum atomic E-state index is 13.4. The molecule has 0 aliphatic heterocycles. The van der Waals surface area contributed by atoms with Crippen LogP contribution in [0.4, 0.5) is 0 Å². The van der Waals surface area contributed by atoms with Gasteiger partial charge >= 0.3 is 5.69 Å². The molecular formula is C23H29N5O2. The summed E-state index contributed by atoms with van der Waals surface area (Å²) < 4.78 is 6.83. The van der Waals surface area contributed by atoms with E-state index in [0.717, 1.165) is 29.1 Å². The maximum Gasteiger partial charge on any atom is 0.332 e. The van der Waals surface area contributed by atoms with Crippen molar-refractivity contribution >= 4 is 16.9 Å². The highest BCUT2D eigenvalue weighted by Gasteiger charge is 2.23. The van der Waals surface area contributed by atoms with Crippen LogP contribution in [0, 0.1) is 33.6 Å². The van der Waals surface area contributed by atoms with E-state index in [1.807, 2.05) is 24.3 Å². The van der Waals surface area contributed by atoms with Gasteiger partial charge in [-0.2, -0.15) is 4.98 Å². The Morgan fingerprint density at radius 3 is 2.40 bits per heavy atom. The third kappa shape index (κ3) is 2.75. The first kappa shape index (κ1) is 20.2. The van der Waals surface area contributed by atoms with Crippen molar-refractivity contribution in [1.29, 1.82) is 0 Å². The molecule has 0 spiro atoms. The predicted octanol–water partition coefficient (Wildman–Crippen LogP) is 3.42. The van der Waals surface area contributed by atoms with Crippen molar-refractivity contribution in [2.75, 3.05) is 0 Å². The van der Waals surface area contributed by atoms with Gasteiger partial charge in [-0.1, -0.05) is 26.0 Å². The first-order chi connectivity index (χ1) is 14.1. The van der Waals surface area contributed by atoms with E-state index in [2.05, 4.69) is 44.4 Å². The highest BCUT2D eigenvalue weighted by molar-refractivity contribution is 5.77. The molecule has 7 nitrogen and oxygen atoms in total. The normalized spacial score (nSPS) is 12.0. The van der Waals surface area contributed by atoms with Gasteiger partial charge in [0.25, 0.3) is 5.56 Å². The molecule has 0 unspecified atom stereocenters. The van der Waals surface area contributed by atoms with Gasteiger partial charge in [-0.25, -0.2) is 4.79 Å². The number of hydrogen-bond donors (Lipinski definition) is 0. The van der Waals surface area contributed by atoms with Gasteiger partial charge in [0, 0.05) is 25.0 Å². The molecule has 1 aromatic carbocycles. The zero-order valence-electron chi connectivity index (χ0n) is 18.8. The monoisotopic (exact) mass is 407 g/mol. The molecule has 30 heavy (non-hydrogen) atoms. The Balaban J connectivity index is 2.13. The molecule has 7 heteroatoms. The van der Waals surface area contributed by atoms with Crippen LogP contribution in [0.25, 0.3) is 22.6 Å². The lowest BCUT2D eigenvalue weighted by atomic mass is 10.1. The molecule has 0 radical (unpaired) electrons. The van der Waals surface area contributed by atoms with E-state index in [1.54, 1.807) is 7.05 Å². The molecule has 0 N–H and O–H groups in total. The van der Waals surface area contributed by atoms with Crippen LogP contribution in [0.15, 0.2) is 27.8 Å². The minimum Gasteiger partial charge on any atom is -0.282 e. The van der Waals surface area contributed by atoms with Crippen molar-refractivity contribution in [2.24, 2.45) is 13.0 Å². The Hall–Kier alpha value is -3.09. The van der Waals surface area contributed by atoms with Gasteiger partial charge in [0.2, 0.25) is 5.78 Å². The van der Waals surface area contributed by atoms with Gasteiger partial charge in [0.1, 0.15) is 0 Å². The van der Waals surface area contributed by atoms with Crippen molar-refractivity contribution in [1.82, 2.24) is 23.1 Å². The Morgan fingerprint density at radius 2 is 1.73 bits per heavy atom. The molecule has 158 valence electrons. The van der Waals surface area contributed by atoms with E-state index in [1.165, 1.54) is 14.7 Å². The summed E-state index contributed by atoms with van der Waals surface area (Å²) in [6.07, 6.45) is 0.768. The second-order valence-corrected chi connectivity index (χ2v) is 8.63. The van der Waals surface area contributed by atoms with Crippen LogP contribution >= 0.6 is 0 Å². The predicted molar refractivity (Wildman–Crippen MR) is 120 cm³/mol. The van der Waals surface area contributed by atoms with Crippen LogP contribution < -0.4 is 11.2 Å². The second-order valence-electron chi connectivity index (χ2n) is 8.63. The highest BCUT2D eigenvalue weighted by Crippen LogP contribution is 2.27. The Labute approximate surface area is 175 Å². The third-order valence-electron chi connectivity index (χ3n) is 6.27. The molecule has 4 rings (SSSR count). The Kier molecular flexibility index (Phi) is 4.71. The first-order valence-corrected chi connectivity index (χ1v) is 10.4. The number of nitrogens with zero attached hydrogens (tertiary/aromatic N) is 5. The van der Waals surface area contributed by atoms with E-state index in [4.69, 9.17) is 4.98 Å². The average molecular weight is 408 g/mol. The molecule has 0 fully saturated rings. The lowest BCUT2D eigenvalue weighted by Gasteiger charge is -2.12. The summed E-state index contributed by atoms with van der Waals surface area (Å²) in [5.41, 5.74) is 5.64. The minimum atomic E-state index is -0.318. The largest absolute Gasteiger partial charge is 0.332 e. The third-order valence-corrected chi connectivity index (χ3v) is 6.27. The molecule has 0 saturated carbocycles. The van der Waals surface area contributed by atoms with Crippen LogP contribution in [-0.4, -0.2) is 23.1 Å². The standard InChI is InChI=1S/C23H29N5O2/c1-13(2)11-12-26-21(29)19-20(25(7)23(26)30)24-22-27(16(5)17(6)28(19)22)18-10-8-9-14(3)15(18)4/h8-10,13H,11-12H2,1-7H3. The quantitative estimate of drug-likeness (QED) is 0.521. The van der Waals surface area contributed by atoms with Crippen LogP contribution in [-0.2, 0) is 13.6 Å². The van der Waals surface area contributed by atoms with Crippen LogP contribution in [0.1, 0.15) is 42.8 Å². The number of hydrogen-bond acceptors (Lipinski definition) is 3. The van der Waals surface area contributed by atoms with Crippen molar-refractivity contribution in [3.05, 3.63) is 61.6 Å². The summed E-state index contributed by atoms with van der Waals surface area (Å²) in [6.45, 7) is 12.8. The Morgan fingerprint density at radius 1 is 1.03 bits per heavy atom. The fourth-order valence-electron chi connectivity index (χ4n) is 4.10. The molecular weight excluding hydrogens is 378 g/mol. The van der Waals surface area contributed by atoms with Crippen LogP contribution in [0.2, 0.25) is 0 Å². The first-order valence-electron chi connectivity index (χ1n) is 10.4. The number of rotatable bonds is 4. The molecule has 0 aliphatic rings. The smallest absolute Gasteiger partial charge is 0.282 e. The molecule has 0 amide bonds. The second kappa shape index (κ2) is 7.00. The van der Waals surface area contributed by atoms with Gasteiger partial charge in [-0.3, -0.25) is 22.9 Å². The van der Waals surface area contributed by atoms with Gasteiger partial charge in [-0.15, -0.1) is 0 Å². The Bertz CT molecular complexity index is 1410. The number of aromatic nitrogens is 5. The molecule has 3 heterocycles. The molecule has 0 bridgehead atoms.